The van der Waals surface area contributed by atoms with Gasteiger partial charge in [-0.1, -0.05) is 48.2 Å². The van der Waals surface area contributed by atoms with Gasteiger partial charge in [0, 0.05) is 36.7 Å². The molecule has 4 aromatic rings. The molecule has 146 valence electrons. The van der Waals surface area contributed by atoms with E-state index in [0.29, 0.717) is 16.9 Å². The summed E-state index contributed by atoms with van der Waals surface area (Å²) in [6.45, 7) is 0. The first-order valence-corrected chi connectivity index (χ1v) is 10.2. The molecule has 4 nitrogen and oxygen atoms in total. The van der Waals surface area contributed by atoms with E-state index < -0.39 is 0 Å². The summed E-state index contributed by atoms with van der Waals surface area (Å²) in [5.41, 5.74) is 4.79. The quantitative estimate of drug-likeness (QED) is 0.350. The molecule has 0 aliphatic rings. The van der Waals surface area contributed by atoms with Gasteiger partial charge in [-0.05, 0) is 35.9 Å². The smallest absolute Gasteiger partial charge is 0.193 e. The van der Waals surface area contributed by atoms with Gasteiger partial charge in [0.15, 0.2) is 10.9 Å². The Morgan fingerprint density at radius 1 is 1.03 bits per heavy atom. The van der Waals surface area contributed by atoms with E-state index in [0.717, 1.165) is 27.4 Å². The molecule has 0 spiro atoms. The molecule has 0 saturated heterocycles. The second-order valence-electron chi connectivity index (χ2n) is 6.93. The Morgan fingerprint density at radius 2 is 1.83 bits per heavy atom. The zero-order chi connectivity index (χ0) is 20.4. The highest BCUT2D eigenvalue weighted by Crippen LogP contribution is 2.29. The first-order valence-electron chi connectivity index (χ1n) is 9.19. The number of halogens is 1. The lowest BCUT2D eigenvalue weighted by Crippen LogP contribution is -2.11. The Bertz CT molecular complexity index is 1170. The van der Waals surface area contributed by atoms with Gasteiger partial charge in [-0.15, -0.1) is 0 Å². The lowest BCUT2D eigenvalue weighted by atomic mass is 10.0. The minimum atomic E-state index is -0.248. The van der Waals surface area contributed by atoms with E-state index in [1.807, 2.05) is 61.5 Å². The molecule has 0 bridgehead atoms. The van der Waals surface area contributed by atoms with E-state index in [-0.39, 0.29) is 11.6 Å². The van der Waals surface area contributed by atoms with Crippen molar-refractivity contribution in [1.29, 1.82) is 0 Å². The van der Waals surface area contributed by atoms with Gasteiger partial charge in [0.25, 0.3) is 0 Å². The molecule has 0 aliphatic carbocycles. The standard InChI is InChI=1S/C23H20FN3OS/c1-27(2)21-13-18(24)10-8-17(21)14-29-23-25-19-11-9-16(12-20(19)26-23)22(28)15-6-4-3-5-7-15/h3-13H,14H2,1-2H3,(H,25,26). The zero-order valence-corrected chi connectivity index (χ0v) is 17.0. The van der Waals surface area contributed by atoms with Crippen LogP contribution in [-0.4, -0.2) is 29.8 Å². The third kappa shape index (κ3) is 4.17. The third-order valence-electron chi connectivity index (χ3n) is 4.65. The summed E-state index contributed by atoms with van der Waals surface area (Å²) >= 11 is 1.55. The molecule has 0 saturated carbocycles. The molecular formula is C23H20FN3OS. The summed E-state index contributed by atoms with van der Waals surface area (Å²) in [7, 11) is 3.80. The van der Waals surface area contributed by atoms with Crippen LogP contribution in [0.5, 0.6) is 0 Å². The molecule has 0 aliphatic heterocycles. The molecular weight excluding hydrogens is 385 g/mol. The van der Waals surface area contributed by atoms with E-state index in [2.05, 4.69) is 9.97 Å². The highest BCUT2D eigenvalue weighted by atomic mass is 32.2. The molecule has 0 atom stereocenters. The van der Waals surface area contributed by atoms with Gasteiger partial charge in [0.2, 0.25) is 0 Å². The van der Waals surface area contributed by atoms with E-state index >= 15 is 0 Å². The number of ketones is 1. The summed E-state index contributed by atoms with van der Waals surface area (Å²) in [6, 6.07) is 19.5. The summed E-state index contributed by atoms with van der Waals surface area (Å²) in [5, 5.41) is 0.762. The fourth-order valence-corrected chi connectivity index (χ4v) is 4.05. The number of fused-ring (bicyclic) bond motifs is 1. The van der Waals surface area contributed by atoms with Crippen molar-refractivity contribution in [3.05, 3.63) is 89.2 Å². The maximum Gasteiger partial charge on any atom is 0.193 e. The van der Waals surface area contributed by atoms with Crippen molar-refractivity contribution in [3.63, 3.8) is 0 Å². The number of hydrogen-bond acceptors (Lipinski definition) is 4. The topological polar surface area (TPSA) is 49.0 Å². The number of carbonyl (C=O) groups is 1. The van der Waals surface area contributed by atoms with Crippen LogP contribution in [0.25, 0.3) is 11.0 Å². The number of thioether (sulfide) groups is 1. The Kier molecular flexibility index (Phi) is 5.36. The number of H-pyrrole nitrogens is 1. The van der Waals surface area contributed by atoms with Crippen LogP contribution in [0.1, 0.15) is 21.5 Å². The van der Waals surface area contributed by atoms with Crippen molar-refractivity contribution in [2.24, 2.45) is 0 Å². The van der Waals surface area contributed by atoms with Crippen molar-refractivity contribution < 1.29 is 9.18 Å². The van der Waals surface area contributed by atoms with E-state index in [1.54, 1.807) is 23.9 Å². The van der Waals surface area contributed by atoms with Crippen LogP contribution < -0.4 is 4.90 Å². The van der Waals surface area contributed by atoms with Crippen LogP contribution >= 0.6 is 11.8 Å². The average molecular weight is 405 g/mol. The lowest BCUT2D eigenvalue weighted by molar-refractivity contribution is 0.103. The van der Waals surface area contributed by atoms with Crippen molar-refractivity contribution >= 4 is 34.3 Å². The van der Waals surface area contributed by atoms with E-state index in [1.165, 1.54) is 12.1 Å². The molecule has 3 aromatic carbocycles. The first-order chi connectivity index (χ1) is 14.0. The number of rotatable bonds is 6. The van der Waals surface area contributed by atoms with Crippen molar-refractivity contribution in [1.82, 2.24) is 9.97 Å². The number of nitrogens with zero attached hydrogens (tertiary/aromatic N) is 2. The summed E-state index contributed by atoms with van der Waals surface area (Å²) < 4.78 is 13.6. The fourth-order valence-electron chi connectivity index (χ4n) is 3.17. The molecule has 29 heavy (non-hydrogen) atoms. The molecule has 0 radical (unpaired) electrons. The molecule has 6 heteroatoms. The van der Waals surface area contributed by atoms with Crippen LogP contribution in [0.3, 0.4) is 0 Å². The SMILES string of the molecule is CN(C)c1cc(F)ccc1CSc1nc2ccc(C(=O)c3ccccc3)cc2[nH]1. The molecule has 0 unspecified atom stereocenters. The van der Waals surface area contributed by atoms with Gasteiger partial charge >= 0.3 is 0 Å². The second kappa shape index (κ2) is 8.09. The molecule has 1 aromatic heterocycles. The van der Waals surface area contributed by atoms with Crippen LogP contribution in [-0.2, 0) is 5.75 Å². The maximum atomic E-state index is 13.6. The molecule has 0 amide bonds. The van der Waals surface area contributed by atoms with Crippen molar-refractivity contribution in [2.75, 3.05) is 19.0 Å². The number of benzene rings is 3. The van der Waals surface area contributed by atoms with E-state index in [9.17, 15) is 9.18 Å². The van der Waals surface area contributed by atoms with Gasteiger partial charge in [-0.25, -0.2) is 9.37 Å². The normalized spacial score (nSPS) is 11.0. The minimum Gasteiger partial charge on any atom is -0.377 e. The molecule has 1 N–H and O–H groups in total. The van der Waals surface area contributed by atoms with Crippen molar-refractivity contribution in [2.45, 2.75) is 10.9 Å². The Balaban J connectivity index is 1.55. The van der Waals surface area contributed by atoms with Crippen molar-refractivity contribution in [3.8, 4) is 0 Å². The number of nitrogens with one attached hydrogen (secondary N) is 1. The van der Waals surface area contributed by atoms with Gasteiger partial charge < -0.3 is 9.88 Å². The first kappa shape index (κ1) is 19.2. The predicted octanol–water partition coefficient (Wildman–Crippen LogP) is 5.29. The Hall–Kier alpha value is -3.12. The number of carbonyl (C=O) groups excluding carboxylic acids is 1. The van der Waals surface area contributed by atoms with E-state index in [4.69, 9.17) is 0 Å². The molecule has 1 heterocycles. The van der Waals surface area contributed by atoms with Crippen LogP contribution in [0, 0.1) is 5.82 Å². The highest BCUT2D eigenvalue weighted by Gasteiger charge is 2.12. The van der Waals surface area contributed by atoms with Gasteiger partial charge in [-0.2, -0.15) is 0 Å². The van der Waals surface area contributed by atoms with Gasteiger partial charge in [0.1, 0.15) is 5.82 Å². The zero-order valence-electron chi connectivity index (χ0n) is 16.1. The highest BCUT2D eigenvalue weighted by molar-refractivity contribution is 7.98. The van der Waals surface area contributed by atoms with Gasteiger partial charge in [-0.3, -0.25) is 4.79 Å². The van der Waals surface area contributed by atoms with Gasteiger partial charge in [0.05, 0.1) is 11.0 Å². The number of hydrogen-bond donors (Lipinski definition) is 1. The Labute approximate surface area is 172 Å². The average Bonchev–Trinajstić information content (AvgIpc) is 3.15. The summed E-state index contributed by atoms with van der Waals surface area (Å²) in [5.74, 6) is 0.392. The maximum absolute atomic E-state index is 13.6. The number of anilines is 1. The largest absolute Gasteiger partial charge is 0.377 e. The monoisotopic (exact) mass is 405 g/mol. The molecule has 0 fully saturated rings. The van der Waals surface area contributed by atoms with Crippen LogP contribution in [0.15, 0.2) is 71.9 Å². The molecule has 4 rings (SSSR count). The predicted molar refractivity (Wildman–Crippen MR) is 116 cm³/mol. The number of imidazole rings is 1. The fraction of sp³-hybridized carbons (Fsp3) is 0.130. The number of aromatic nitrogens is 2. The summed E-state index contributed by atoms with van der Waals surface area (Å²) in [6.07, 6.45) is 0. The summed E-state index contributed by atoms with van der Waals surface area (Å²) in [4.78, 5) is 22.4. The second-order valence-corrected chi connectivity index (χ2v) is 7.89. The Morgan fingerprint density at radius 3 is 2.59 bits per heavy atom. The minimum absolute atomic E-state index is 0.0155. The third-order valence-corrected chi connectivity index (χ3v) is 5.57. The van der Waals surface area contributed by atoms with Crippen LogP contribution in [0.4, 0.5) is 10.1 Å². The lowest BCUT2D eigenvalue weighted by Gasteiger charge is -2.17. The number of aromatic amines is 1. The van der Waals surface area contributed by atoms with Crippen LogP contribution in [0.2, 0.25) is 0 Å².